The Hall–Kier alpha value is -5.68. The number of halogens is 2. The summed E-state index contributed by atoms with van der Waals surface area (Å²) in [4.78, 5) is 41.1. The smallest absolute Gasteiger partial charge is 0.335 e. The van der Waals surface area contributed by atoms with Crippen LogP contribution < -0.4 is 0 Å². The maximum atomic E-state index is 14.7. The maximum Gasteiger partial charge on any atom is 0.335 e. The van der Waals surface area contributed by atoms with E-state index in [1.165, 1.54) is 35.4 Å². The second-order valence-corrected chi connectivity index (χ2v) is 11.8. The summed E-state index contributed by atoms with van der Waals surface area (Å²) in [5, 5.41) is 22.8. The van der Waals surface area contributed by atoms with Gasteiger partial charge in [-0.25, -0.2) is 13.9 Å². The van der Waals surface area contributed by atoms with Crippen molar-refractivity contribution in [3.63, 3.8) is 0 Å². The number of rotatable bonds is 7. The Kier molecular flexibility index (Phi) is 7.61. The third-order valence-electron chi connectivity index (χ3n) is 8.39. The molecule has 12 heteroatoms. The van der Waals surface area contributed by atoms with Gasteiger partial charge in [0.15, 0.2) is 17.3 Å². The van der Waals surface area contributed by atoms with Gasteiger partial charge in [0.25, 0.3) is 5.91 Å². The number of ketones is 1. The molecule has 4 aromatic carbocycles. The molecule has 7 rings (SSSR count). The van der Waals surface area contributed by atoms with E-state index in [4.69, 9.17) is 11.6 Å². The first kappa shape index (κ1) is 30.0. The van der Waals surface area contributed by atoms with Crippen LogP contribution in [-0.2, 0) is 24.7 Å². The number of benzene rings is 4. The van der Waals surface area contributed by atoms with Gasteiger partial charge in [0.1, 0.15) is 11.7 Å². The minimum Gasteiger partial charge on any atom is -0.478 e. The molecule has 1 amide bonds. The Labute approximate surface area is 272 Å². The average Bonchev–Trinajstić information content (AvgIpc) is 3.71. The molecule has 0 aliphatic carbocycles. The molecular weight excluding hydrogens is 623 g/mol. The van der Waals surface area contributed by atoms with E-state index in [0.29, 0.717) is 17.5 Å². The number of carbonyl (C=O) groups is 3. The van der Waals surface area contributed by atoms with Gasteiger partial charge in [0, 0.05) is 31.6 Å². The molecule has 3 heterocycles. The number of aryl methyl sites for hydroxylation is 1. The largest absolute Gasteiger partial charge is 0.478 e. The topological polar surface area (TPSA) is 123 Å². The Bertz CT molecular complexity index is 2210. The Morgan fingerprint density at radius 2 is 1.79 bits per heavy atom. The van der Waals surface area contributed by atoms with Crippen LogP contribution in [0.2, 0.25) is 5.02 Å². The molecule has 0 saturated carbocycles. The second kappa shape index (κ2) is 11.9. The minimum absolute atomic E-state index is 0.0278. The number of amides is 1. The zero-order valence-electron chi connectivity index (χ0n) is 25.0. The second-order valence-electron chi connectivity index (χ2n) is 11.4. The molecular formula is C35H26ClFN6O4. The SMILES string of the molecule is Cn1cc2ccc(-c3cccc4c3CCN(C(=O)c3cn(-c5cccc(Cl)c5F)nn3)C4C(=O)Cc3ccc(C(=O)O)cc3)cc2n1. The lowest BCUT2D eigenvalue weighted by molar-refractivity contribution is -0.123. The number of carbonyl (C=O) groups excluding carboxylic acids is 2. The zero-order valence-corrected chi connectivity index (χ0v) is 25.7. The number of fused-ring (bicyclic) bond motifs is 2. The fourth-order valence-electron chi connectivity index (χ4n) is 6.17. The number of carboxylic acids is 1. The van der Waals surface area contributed by atoms with Gasteiger partial charge >= 0.3 is 5.97 Å². The molecule has 0 radical (unpaired) electrons. The van der Waals surface area contributed by atoms with Gasteiger partial charge in [-0.15, -0.1) is 5.10 Å². The summed E-state index contributed by atoms with van der Waals surface area (Å²) in [5.74, 6) is -2.57. The van der Waals surface area contributed by atoms with E-state index in [1.807, 2.05) is 49.6 Å². The molecule has 1 unspecified atom stereocenters. The van der Waals surface area contributed by atoms with E-state index < -0.39 is 23.7 Å². The fraction of sp³-hybridized carbons (Fsp3) is 0.143. The van der Waals surface area contributed by atoms with Crippen molar-refractivity contribution in [3.8, 4) is 16.8 Å². The van der Waals surface area contributed by atoms with Crippen molar-refractivity contribution in [2.75, 3.05) is 6.54 Å². The lowest BCUT2D eigenvalue weighted by Gasteiger charge is -2.37. The summed E-state index contributed by atoms with van der Waals surface area (Å²) in [7, 11) is 1.87. The Morgan fingerprint density at radius 3 is 2.57 bits per heavy atom. The third kappa shape index (κ3) is 5.55. The monoisotopic (exact) mass is 648 g/mol. The molecule has 234 valence electrons. The van der Waals surface area contributed by atoms with Gasteiger partial charge in [-0.3, -0.25) is 14.3 Å². The van der Waals surface area contributed by atoms with Gasteiger partial charge < -0.3 is 10.0 Å². The van der Waals surface area contributed by atoms with Gasteiger partial charge in [-0.05, 0) is 64.6 Å². The van der Waals surface area contributed by atoms with Crippen molar-refractivity contribution in [2.24, 2.45) is 7.05 Å². The number of hydrogen-bond donors (Lipinski definition) is 1. The third-order valence-corrected chi connectivity index (χ3v) is 8.68. The summed E-state index contributed by atoms with van der Waals surface area (Å²) in [6.07, 6.45) is 3.68. The van der Waals surface area contributed by atoms with E-state index in [2.05, 4.69) is 15.4 Å². The van der Waals surface area contributed by atoms with E-state index in [1.54, 1.807) is 22.9 Å². The number of carboxylic acid groups (broad SMARTS) is 1. The van der Waals surface area contributed by atoms with Crippen molar-refractivity contribution in [1.82, 2.24) is 29.7 Å². The van der Waals surface area contributed by atoms with Crippen molar-refractivity contribution < 1.29 is 23.9 Å². The highest BCUT2D eigenvalue weighted by molar-refractivity contribution is 6.30. The van der Waals surface area contributed by atoms with Crippen molar-refractivity contribution in [2.45, 2.75) is 18.9 Å². The first-order valence-electron chi connectivity index (χ1n) is 14.8. The van der Waals surface area contributed by atoms with Gasteiger partial charge in [-0.2, -0.15) is 5.10 Å². The molecule has 0 spiro atoms. The van der Waals surface area contributed by atoms with E-state index >= 15 is 0 Å². The minimum atomic E-state index is -1.07. The highest BCUT2D eigenvalue weighted by atomic mass is 35.5. The van der Waals surface area contributed by atoms with Crippen LogP contribution >= 0.6 is 11.6 Å². The highest BCUT2D eigenvalue weighted by Gasteiger charge is 2.38. The highest BCUT2D eigenvalue weighted by Crippen LogP contribution is 2.38. The fourth-order valence-corrected chi connectivity index (χ4v) is 6.34. The number of Topliss-reactive ketones (excluding diaryl/α,β-unsaturated/α-hetero) is 1. The predicted molar refractivity (Wildman–Crippen MR) is 172 cm³/mol. The van der Waals surface area contributed by atoms with Crippen LogP contribution in [0.25, 0.3) is 27.7 Å². The van der Waals surface area contributed by atoms with Gasteiger partial charge in [0.2, 0.25) is 0 Å². The van der Waals surface area contributed by atoms with Crippen LogP contribution in [-0.4, -0.2) is 59.0 Å². The number of hydrogen-bond acceptors (Lipinski definition) is 6. The quantitative estimate of drug-likeness (QED) is 0.230. The maximum absolute atomic E-state index is 14.7. The summed E-state index contributed by atoms with van der Waals surface area (Å²) < 4.78 is 17.6. The molecule has 0 bridgehead atoms. The van der Waals surface area contributed by atoms with Gasteiger partial charge in [-0.1, -0.05) is 65.3 Å². The van der Waals surface area contributed by atoms with Crippen LogP contribution in [0.15, 0.2) is 91.3 Å². The normalized spacial score (nSPS) is 14.3. The zero-order chi connectivity index (χ0) is 32.8. The molecule has 1 N–H and O–H groups in total. The predicted octanol–water partition coefficient (Wildman–Crippen LogP) is 5.86. The van der Waals surface area contributed by atoms with Crippen molar-refractivity contribution in [3.05, 3.63) is 130 Å². The molecule has 10 nitrogen and oxygen atoms in total. The van der Waals surface area contributed by atoms with Crippen molar-refractivity contribution >= 4 is 40.2 Å². The number of aromatic nitrogens is 5. The first-order chi connectivity index (χ1) is 22.7. The molecule has 6 aromatic rings. The van der Waals surface area contributed by atoms with Crippen LogP contribution in [0.1, 0.15) is 43.6 Å². The molecule has 2 aromatic heterocycles. The molecule has 0 saturated heterocycles. The Morgan fingerprint density at radius 1 is 1.00 bits per heavy atom. The van der Waals surface area contributed by atoms with E-state index in [0.717, 1.165) is 32.3 Å². The first-order valence-corrected chi connectivity index (χ1v) is 15.1. The number of nitrogens with zero attached hydrogens (tertiary/aromatic N) is 6. The van der Waals surface area contributed by atoms with E-state index in [-0.39, 0.29) is 40.7 Å². The van der Waals surface area contributed by atoms with Gasteiger partial charge in [0.05, 0.1) is 22.3 Å². The molecule has 1 aliphatic rings. The van der Waals surface area contributed by atoms with E-state index in [9.17, 15) is 23.9 Å². The molecule has 1 aliphatic heterocycles. The molecule has 47 heavy (non-hydrogen) atoms. The lowest BCUT2D eigenvalue weighted by Crippen LogP contribution is -2.44. The molecule has 0 fully saturated rings. The average molecular weight is 649 g/mol. The molecule has 1 atom stereocenters. The summed E-state index contributed by atoms with van der Waals surface area (Å²) in [6.45, 7) is 0.210. The van der Waals surface area contributed by atoms with Crippen LogP contribution in [0.5, 0.6) is 0 Å². The Balaban J connectivity index is 1.28. The number of aromatic carboxylic acids is 1. The summed E-state index contributed by atoms with van der Waals surface area (Å²) in [5.41, 5.74) is 5.02. The standard InChI is InChI=1S/C35H26ClFN6O4/c1-41-18-23-13-12-22(17-28(23)39-41)24-4-2-5-26-25(24)14-15-42(33(26)31(44)16-20-8-10-21(11-9-20)35(46)47)34(45)29-19-43(40-38-29)30-7-3-6-27(36)32(30)37/h2-13,17-19,33H,14-16H2,1H3,(H,46,47). The van der Waals surface area contributed by atoms with Crippen molar-refractivity contribution in [1.29, 1.82) is 0 Å². The summed E-state index contributed by atoms with van der Waals surface area (Å²) in [6, 6.07) is 21.3. The van der Waals surface area contributed by atoms with Crippen LogP contribution in [0.4, 0.5) is 4.39 Å². The van der Waals surface area contributed by atoms with Crippen LogP contribution in [0, 0.1) is 5.82 Å². The summed E-state index contributed by atoms with van der Waals surface area (Å²) >= 11 is 5.95. The lowest BCUT2D eigenvalue weighted by atomic mass is 9.83. The van der Waals surface area contributed by atoms with Crippen LogP contribution in [0.3, 0.4) is 0 Å².